The normalized spacial score (nSPS) is 25.2. The molecule has 1 fully saturated rings. The van der Waals surface area contributed by atoms with Gasteiger partial charge in [0.15, 0.2) is 0 Å². The van der Waals surface area contributed by atoms with E-state index in [0.29, 0.717) is 6.04 Å². The maximum atomic E-state index is 12.9. The van der Waals surface area contributed by atoms with Crippen LogP contribution in [0.25, 0.3) is 0 Å². The third kappa shape index (κ3) is 4.04. The van der Waals surface area contributed by atoms with Crippen molar-refractivity contribution >= 4 is 0 Å². The molecular formula is C17H26FN. The molecule has 1 atom stereocenters. The molecule has 0 bridgehead atoms. The molecule has 1 nitrogen and oxygen atoms in total. The SMILES string of the molecule is CCC1CCC(C(Cc2ccc(F)cc2)NC)CC1. The molecule has 0 aromatic heterocycles. The summed E-state index contributed by atoms with van der Waals surface area (Å²) in [6, 6.07) is 7.49. The standard InChI is InChI=1S/C17H26FN/c1-3-13-4-8-15(9-5-13)17(19-2)12-14-6-10-16(18)11-7-14/h6-7,10-11,13,15,17,19H,3-5,8-9,12H2,1-2H3. The van der Waals surface area contributed by atoms with E-state index < -0.39 is 0 Å². The molecule has 0 aliphatic heterocycles. The highest BCUT2D eigenvalue weighted by Gasteiger charge is 2.26. The zero-order chi connectivity index (χ0) is 13.7. The minimum absolute atomic E-state index is 0.145. The van der Waals surface area contributed by atoms with E-state index in [1.807, 2.05) is 12.1 Å². The molecule has 1 N–H and O–H groups in total. The van der Waals surface area contributed by atoms with E-state index in [1.54, 1.807) is 12.1 Å². The fourth-order valence-electron chi connectivity index (χ4n) is 3.38. The predicted octanol–water partition coefficient (Wildman–Crippen LogP) is 4.17. The Morgan fingerprint density at radius 2 is 1.79 bits per heavy atom. The van der Waals surface area contributed by atoms with E-state index in [1.165, 1.54) is 37.7 Å². The summed E-state index contributed by atoms with van der Waals surface area (Å²) in [6.45, 7) is 2.30. The van der Waals surface area contributed by atoms with Crippen molar-refractivity contribution in [1.82, 2.24) is 5.32 Å². The number of halogens is 1. The lowest BCUT2D eigenvalue weighted by atomic mass is 9.76. The third-order valence-corrected chi connectivity index (χ3v) is 4.78. The number of rotatable bonds is 5. The highest BCUT2D eigenvalue weighted by Crippen LogP contribution is 2.33. The van der Waals surface area contributed by atoms with Crippen LogP contribution in [0.15, 0.2) is 24.3 Å². The molecule has 1 unspecified atom stereocenters. The Morgan fingerprint density at radius 3 is 2.32 bits per heavy atom. The average Bonchev–Trinajstić information content (AvgIpc) is 2.47. The van der Waals surface area contributed by atoms with E-state index >= 15 is 0 Å². The second kappa shape index (κ2) is 7.04. The molecule has 1 aliphatic rings. The third-order valence-electron chi connectivity index (χ3n) is 4.78. The van der Waals surface area contributed by atoms with Crippen LogP contribution < -0.4 is 5.32 Å². The van der Waals surface area contributed by atoms with Gasteiger partial charge in [-0.05, 0) is 55.8 Å². The number of hydrogen-bond donors (Lipinski definition) is 1. The van der Waals surface area contributed by atoms with Crippen LogP contribution in [0.5, 0.6) is 0 Å². The molecule has 0 heterocycles. The first-order valence-corrected chi connectivity index (χ1v) is 7.64. The summed E-state index contributed by atoms with van der Waals surface area (Å²) in [6.07, 6.45) is 7.77. The number of benzene rings is 1. The van der Waals surface area contributed by atoms with Crippen molar-refractivity contribution in [2.24, 2.45) is 11.8 Å². The highest BCUT2D eigenvalue weighted by atomic mass is 19.1. The van der Waals surface area contributed by atoms with Gasteiger partial charge in [0.25, 0.3) is 0 Å². The summed E-state index contributed by atoms with van der Waals surface area (Å²) in [5, 5.41) is 3.47. The zero-order valence-electron chi connectivity index (χ0n) is 12.2. The molecule has 1 aliphatic carbocycles. The van der Waals surface area contributed by atoms with E-state index in [9.17, 15) is 4.39 Å². The predicted molar refractivity (Wildman–Crippen MR) is 78.7 cm³/mol. The van der Waals surface area contributed by atoms with Gasteiger partial charge < -0.3 is 5.32 Å². The fraction of sp³-hybridized carbons (Fsp3) is 0.647. The van der Waals surface area contributed by atoms with Gasteiger partial charge in [-0.25, -0.2) is 4.39 Å². The molecule has 0 radical (unpaired) electrons. The highest BCUT2D eigenvalue weighted by molar-refractivity contribution is 5.17. The van der Waals surface area contributed by atoms with Crippen molar-refractivity contribution in [3.05, 3.63) is 35.6 Å². The van der Waals surface area contributed by atoms with E-state index in [-0.39, 0.29) is 5.82 Å². The fourth-order valence-corrected chi connectivity index (χ4v) is 3.38. The Bertz CT molecular complexity index is 365. The van der Waals surface area contributed by atoms with E-state index in [2.05, 4.69) is 19.3 Å². The molecule has 1 aromatic carbocycles. The maximum Gasteiger partial charge on any atom is 0.123 e. The van der Waals surface area contributed by atoms with Crippen molar-refractivity contribution in [1.29, 1.82) is 0 Å². The van der Waals surface area contributed by atoms with Crippen molar-refractivity contribution in [2.75, 3.05) is 7.05 Å². The van der Waals surface area contributed by atoms with Gasteiger partial charge in [0.2, 0.25) is 0 Å². The lowest BCUT2D eigenvalue weighted by Gasteiger charge is -2.33. The first-order valence-electron chi connectivity index (χ1n) is 7.64. The van der Waals surface area contributed by atoms with E-state index in [0.717, 1.165) is 18.3 Å². The summed E-state index contributed by atoms with van der Waals surface area (Å²) in [4.78, 5) is 0. The van der Waals surface area contributed by atoms with Gasteiger partial charge in [-0.1, -0.05) is 38.3 Å². The first-order chi connectivity index (χ1) is 9.22. The average molecular weight is 263 g/mol. The van der Waals surface area contributed by atoms with Crippen LogP contribution in [0, 0.1) is 17.7 Å². The van der Waals surface area contributed by atoms with Crippen LogP contribution in [-0.4, -0.2) is 13.1 Å². The first kappa shape index (κ1) is 14.5. The Hall–Kier alpha value is -0.890. The van der Waals surface area contributed by atoms with Crippen LogP contribution in [0.2, 0.25) is 0 Å². The van der Waals surface area contributed by atoms with Crippen molar-refractivity contribution in [3.8, 4) is 0 Å². The maximum absolute atomic E-state index is 12.9. The summed E-state index contributed by atoms with van der Waals surface area (Å²) < 4.78 is 12.9. The van der Waals surface area contributed by atoms with Gasteiger partial charge in [-0.2, -0.15) is 0 Å². The van der Waals surface area contributed by atoms with E-state index in [4.69, 9.17) is 0 Å². The summed E-state index contributed by atoms with van der Waals surface area (Å²) in [5.74, 6) is 1.57. The topological polar surface area (TPSA) is 12.0 Å². The minimum atomic E-state index is -0.145. The number of likely N-dealkylation sites (N-methyl/N-ethyl adjacent to an activating group) is 1. The molecule has 1 saturated carbocycles. The number of nitrogens with one attached hydrogen (secondary N) is 1. The van der Waals surface area contributed by atoms with Crippen LogP contribution in [0.1, 0.15) is 44.6 Å². The van der Waals surface area contributed by atoms with Gasteiger partial charge in [0, 0.05) is 6.04 Å². The number of hydrogen-bond acceptors (Lipinski definition) is 1. The largest absolute Gasteiger partial charge is 0.316 e. The Morgan fingerprint density at radius 1 is 1.16 bits per heavy atom. The summed E-state index contributed by atoms with van der Waals surface area (Å²) in [7, 11) is 2.06. The molecule has 2 rings (SSSR count). The van der Waals surface area contributed by atoms with Gasteiger partial charge in [0.05, 0.1) is 0 Å². The lowest BCUT2D eigenvalue weighted by Crippen LogP contribution is -2.37. The van der Waals surface area contributed by atoms with Crippen molar-refractivity contribution < 1.29 is 4.39 Å². The van der Waals surface area contributed by atoms with Gasteiger partial charge in [0.1, 0.15) is 5.82 Å². The molecule has 2 heteroatoms. The van der Waals surface area contributed by atoms with Crippen LogP contribution in [0.3, 0.4) is 0 Å². The molecule has 0 spiro atoms. The summed E-state index contributed by atoms with van der Waals surface area (Å²) >= 11 is 0. The second-order valence-electron chi connectivity index (χ2n) is 5.91. The second-order valence-corrected chi connectivity index (χ2v) is 5.91. The molecule has 19 heavy (non-hydrogen) atoms. The molecule has 106 valence electrons. The van der Waals surface area contributed by atoms with Crippen LogP contribution in [-0.2, 0) is 6.42 Å². The van der Waals surface area contributed by atoms with Gasteiger partial charge in [-0.3, -0.25) is 0 Å². The monoisotopic (exact) mass is 263 g/mol. The van der Waals surface area contributed by atoms with Gasteiger partial charge >= 0.3 is 0 Å². The molecular weight excluding hydrogens is 237 g/mol. The molecule has 1 aromatic rings. The summed E-state index contributed by atoms with van der Waals surface area (Å²) in [5.41, 5.74) is 1.23. The Balaban J connectivity index is 1.91. The van der Waals surface area contributed by atoms with Crippen LogP contribution >= 0.6 is 0 Å². The smallest absolute Gasteiger partial charge is 0.123 e. The zero-order valence-corrected chi connectivity index (χ0v) is 12.2. The van der Waals surface area contributed by atoms with Crippen LogP contribution in [0.4, 0.5) is 4.39 Å². The van der Waals surface area contributed by atoms with Crippen molar-refractivity contribution in [3.63, 3.8) is 0 Å². The van der Waals surface area contributed by atoms with Gasteiger partial charge in [-0.15, -0.1) is 0 Å². The molecule has 0 saturated heterocycles. The Kier molecular flexibility index (Phi) is 5.38. The lowest BCUT2D eigenvalue weighted by molar-refractivity contribution is 0.222. The minimum Gasteiger partial charge on any atom is -0.316 e. The molecule has 0 amide bonds. The Labute approximate surface area is 116 Å². The quantitative estimate of drug-likeness (QED) is 0.840. The van der Waals surface area contributed by atoms with Crippen molar-refractivity contribution in [2.45, 2.75) is 51.5 Å².